The van der Waals surface area contributed by atoms with E-state index < -0.39 is 23.2 Å². The van der Waals surface area contributed by atoms with E-state index in [0.29, 0.717) is 20.7 Å². The second-order valence-corrected chi connectivity index (χ2v) is 7.96. The van der Waals surface area contributed by atoms with Crippen LogP contribution >= 0.6 is 22.9 Å². The number of nitrogens with zero attached hydrogens (tertiary/aromatic N) is 2. The third kappa shape index (κ3) is 4.07. The van der Waals surface area contributed by atoms with Crippen LogP contribution in [0.3, 0.4) is 0 Å². The maximum Gasteiger partial charge on any atom is 0.416 e. The first-order valence-corrected chi connectivity index (χ1v) is 9.58. The topological polar surface area (TPSA) is 104 Å². The van der Waals surface area contributed by atoms with E-state index in [4.69, 9.17) is 11.6 Å². The molecule has 3 aromatic heterocycles. The number of H-pyrrole nitrogens is 2. The molecular weight excluding hydrogens is 443 g/mol. The molecule has 1 aromatic carbocycles. The molecule has 3 N–H and O–H groups in total. The predicted molar refractivity (Wildman–Crippen MR) is 107 cm³/mol. The zero-order valence-electron chi connectivity index (χ0n) is 14.8. The van der Waals surface area contributed by atoms with Crippen LogP contribution in [0.4, 0.5) is 18.2 Å². The Morgan fingerprint density at radius 1 is 1.23 bits per heavy atom. The highest BCUT2D eigenvalue weighted by Gasteiger charge is 2.30. The van der Waals surface area contributed by atoms with Crippen LogP contribution in [0, 0.1) is 0 Å². The molecule has 30 heavy (non-hydrogen) atoms. The average molecular weight is 454 g/mol. The second-order valence-electron chi connectivity index (χ2n) is 6.28. The van der Waals surface area contributed by atoms with Crippen LogP contribution in [0.5, 0.6) is 0 Å². The van der Waals surface area contributed by atoms with Crippen LogP contribution in [0.1, 0.15) is 11.1 Å². The number of alkyl halides is 3. The lowest BCUT2D eigenvalue weighted by Crippen LogP contribution is -2.21. The normalized spacial score (nSPS) is 11.7. The SMILES string of the molecule is O=C(Cc1cc2cc(C(F)(F)F)ccc2[nH]c1=O)Nc1sc(Cl)cc1-c1ncn[nH]1. The summed E-state index contributed by atoms with van der Waals surface area (Å²) in [7, 11) is 0. The van der Waals surface area contributed by atoms with Crippen LogP contribution in [0.25, 0.3) is 22.3 Å². The van der Waals surface area contributed by atoms with Crippen molar-refractivity contribution in [2.24, 2.45) is 0 Å². The van der Waals surface area contributed by atoms with E-state index in [2.05, 4.69) is 25.5 Å². The number of amides is 1. The van der Waals surface area contributed by atoms with Crippen molar-refractivity contribution in [2.75, 3.05) is 5.32 Å². The van der Waals surface area contributed by atoms with Gasteiger partial charge in [0, 0.05) is 11.1 Å². The third-order valence-corrected chi connectivity index (χ3v) is 5.40. The van der Waals surface area contributed by atoms with Gasteiger partial charge in [-0.05, 0) is 35.7 Å². The zero-order valence-corrected chi connectivity index (χ0v) is 16.4. The number of rotatable bonds is 4. The first-order valence-electron chi connectivity index (χ1n) is 8.39. The number of aromatic amines is 2. The number of hydrogen-bond donors (Lipinski definition) is 3. The van der Waals surface area contributed by atoms with Gasteiger partial charge in [0.1, 0.15) is 11.3 Å². The summed E-state index contributed by atoms with van der Waals surface area (Å²) in [5.74, 6) is -0.136. The minimum absolute atomic E-state index is 0.0307. The molecule has 0 unspecified atom stereocenters. The quantitative estimate of drug-likeness (QED) is 0.430. The summed E-state index contributed by atoms with van der Waals surface area (Å²) in [6.45, 7) is 0. The number of benzene rings is 1. The number of halogens is 4. The molecule has 0 bridgehead atoms. The van der Waals surface area contributed by atoms with Gasteiger partial charge in [-0.2, -0.15) is 18.3 Å². The van der Waals surface area contributed by atoms with Crippen LogP contribution in [0.15, 0.2) is 41.5 Å². The number of nitrogens with one attached hydrogen (secondary N) is 3. The van der Waals surface area contributed by atoms with Crippen LogP contribution in [-0.2, 0) is 17.4 Å². The largest absolute Gasteiger partial charge is 0.416 e. The molecule has 0 fully saturated rings. The molecule has 4 rings (SSSR count). The Bertz CT molecular complexity index is 1300. The molecule has 0 aliphatic rings. The molecule has 1 amide bonds. The van der Waals surface area contributed by atoms with E-state index in [0.717, 1.165) is 23.5 Å². The third-order valence-electron chi connectivity index (χ3n) is 4.22. The van der Waals surface area contributed by atoms with Gasteiger partial charge >= 0.3 is 6.18 Å². The van der Waals surface area contributed by atoms with Crippen molar-refractivity contribution in [2.45, 2.75) is 12.6 Å². The molecule has 0 saturated carbocycles. The second kappa shape index (κ2) is 7.58. The summed E-state index contributed by atoms with van der Waals surface area (Å²) in [4.78, 5) is 31.3. The molecule has 0 aliphatic carbocycles. The van der Waals surface area contributed by atoms with Crippen LogP contribution < -0.4 is 10.9 Å². The molecule has 3 heterocycles. The standard InChI is InChI=1S/C18H11ClF3N5O2S/c19-13-6-11(15-23-7-24-27-15)17(30-13)26-14(28)5-9-3-8-4-10(18(20,21)22)1-2-12(8)25-16(9)29/h1-4,6-7H,5H2,(H,25,29)(H,26,28)(H,23,24,27). The van der Waals surface area contributed by atoms with Gasteiger partial charge in [0.2, 0.25) is 5.91 Å². The monoisotopic (exact) mass is 453 g/mol. The Balaban J connectivity index is 1.61. The molecule has 0 atom stereocenters. The van der Waals surface area contributed by atoms with Crippen molar-refractivity contribution in [3.05, 3.63) is 62.5 Å². The van der Waals surface area contributed by atoms with Crippen molar-refractivity contribution in [3.8, 4) is 11.4 Å². The van der Waals surface area contributed by atoms with Gasteiger partial charge in [-0.25, -0.2) is 4.98 Å². The van der Waals surface area contributed by atoms with E-state index in [1.807, 2.05) is 0 Å². The molecule has 0 radical (unpaired) electrons. The number of pyridine rings is 1. The maximum absolute atomic E-state index is 12.9. The maximum atomic E-state index is 12.9. The summed E-state index contributed by atoms with van der Waals surface area (Å²) in [5, 5.41) is 9.64. The Morgan fingerprint density at radius 2 is 2.03 bits per heavy atom. The first kappa shape index (κ1) is 20.1. The number of carbonyl (C=O) groups excluding carboxylic acids is 1. The molecule has 4 aromatic rings. The van der Waals surface area contributed by atoms with Gasteiger partial charge in [0.15, 0.2) is 5.82 Å². The van der Waals surface area contributed by atoms with Crippen LogP contribution in [-0.4, -0.2) is 26.1 Å². The van der Waals surface area contributed by atoms with Crippen LogP contribution in [0.2, 0.25) is 4.34 Å². The molecule has 0 spiro atoms. The van der Waals surface area contributed by atoms with Gasteiger partial charge in [-0.3, -0.25) is 14.7 Å². The smallest absolute Gasteiger partial charge is 0.322 e. The zero-order chi connectivity index (χ0) is 21.5. The van der Waals surface area contributed by atoms with E-state index in [9.17, 15) is 22.8 Å². The predicted octanol–water partition coefficient (Wildman–Crippen LogP) is 4.23. The van der Waals surface area contributed by atoms with Gasteiger partial charge in [-0.1, -0.05) is 11.6 Å². The van der Waals surface area contributed by atoms with Crippen molar-refractivity contribution < 1.29 is 18.0 Å². The molecule has 0 saturated heterocycles. The summed E-state index contributed by atoms with van der Waals surface area (Å²) in [5.41, 5.74) is -0.601. The summed E-state index contributed by atoms with van der Waals surface area (Å²) in [6, 6.07) is 5.87. The number of fused-ring (bicyclic) bond motifs is 1. The van der Waals surface area contributed by atoms with Crippen molar-refractivity contribution in [3.63, 3.8) is 0 Å². The number of hydrogen-bond acceptors (Lipinski definition) is 5. The lowest BCUT2D eigenvalue weighted by molar-refractivity contribution is -0.137. The average Bonchev–Trinajstić information content (AvgIpc) is 3.30. The number of aromatic nitrogens is 4. The van der Waals surface area contributed by atoms with E-state index >= 15 is 0 Å². The fourth-order valence-corrected chi connectivity index (χ4v) is 4.01. The molecule has 12 heteroatoms. The molecular formula is C18H11ClF3N5O2S. The van der Waals surface area contributed by atoms with Crippen molar-refractivity contribution in [1.29, 1.82) is 0 Å². The Morgan fingerprint density at radius 3 is 2.73 bits per heavy atom. The highest BCUT2D eigenvalue weighted by molar-refractivity contribution is 7.20. The number of anilines is 1. The molecule has 0 aliphatic heterocycles. The highest BCUT2D eigenvalue weighted by atomic mass is 35.5. The lowest BCUT2D eigenvalue weighted by atomic mass is 10.1. The van der Waals surface area contributed by atoms with E-state index in [-0.39, 0.29) is 22.9 Å². The Kier molecular flexibility index (Phi) is 5.08. The highest BCUT2D eigenvalue weighted by Crippen LogP contribution is 2.37. The van der Waals surface area contributed by atoms with Gasteiger partial charge in [-0.15, -0.1) is 11.3 Å². The minimum atomic E-state index is -4.52. The summed E-state index contributed by atoms with van der Waals surface area (Å²) >= 11 is 7.12. The van der Waals surface area contributed by atoms with E-state index in [1.54, 1.807) is 6.07 Å². The Labute approximate surface area is 174 Å². The van der Waals surface area contributed by atoms with Crippen molar-refractivity contribution >= 4 is 44.7 Å². The number of thiophene rings is 1. The summed E-state index contributed by atoms with van der Waals surface area (Å²) < 4.78 is 39.2. The first-order chi connectivity index (χ1) is 14.2. The fourth-order valence-electron chi connectivity index (χ4n) is 2.87. The Hall–Kier alpha value is -3.18. The minimum Gasteiger partial charge on any atom is -0.322 e. The van der Waals surface area contributed by atoms with Gasteiger partial charge in [0.25, 0.3) is 5.56 Å². The summed E-state index contributed by atoms with van der Waals surface area (Å²) in [6.07, 6.45) is -3.55. The molecule has 7 nitrogen and oxygen atoms in total. The van der Waals surface area contributed by atoms with Gasteiger partial charge in [0.05, 0.1) is 21.9 Å². The fraction of sp³-hybridized carbons (Fsp3) is 0.111. The van der Waals surface area contributed by atoms with E-state index in [1.165, 1.54) is 18.5 Å². The lowest BCUT2D eigenvalue weighted by Gasteiger charge is -2.09. The number of carbonyl (C=O) groups is 1. The van der Waals surface area contributed by atoms with Gasteiger partial charge < -0.3 is 10.3 Å². The molecule has 154 valence electrons. The van der Waals surface area contributed by atoms with Crippen molar-refractivity contribution in [1.82, 2.24) is 20.2 Å².